The summed E-state index contributed by atoms with van der Waals surface area (Å²) in [7, 11) is 0. The third kappa shape index (κ3) is 4.05. The number of carbonyl (C=O) groups is 2. The van der Waals surface area contributed by atoms with E-state index in [4.69, 9.17) is 5.73 Å². The van der Waals surface area contributed by atoms with Gasteiger partial charge in [0.05, 0.1) is 12.4 Å². The zero-order valence-corrected chi connectivity index (χ0v) is 18.3. The predicted octanol–water partition coefficient (Wildman–Crippen LogP) is 3.59. The lowest BCUT2D eigenvalue weighted by Crippen LogP contribution is -2.31. The lowest BCUT2D eigenvalue weighted by atomic mass is 9.75. The van der Waals surface area contributed by atoms with Gasteiger partial charge in [-0.2, -0.15) is 4.98 Å². The highest BCUT2D eigenvalue weighted by Crippen LogP contribution is 2.37. The summed E-state index contributed by atoms with van der Waals surface area (Å²) in [6.45, 7) is 0. The number of ketones is 2. The maximum atomic E-state index is 13.6. The molecule has 3 atom stereocenters. The monoisotopic (exact) mass is 453 g/mol. The lowest BCUT2D eigenvalue weighted by Gasteiger charge is -2.31. The fourth-order valence-corrected chi connectivity index (χ4v) is 4.59. The Morgan fingerprint density at radius 3 is 2.38 bits per heavy atom. The second kappa shape index (κ2) is 8.90. The van der Waals surface area contributed by atoms with Crippen molar-refractivity contribution < 1.29 is 9.59 Å². The zero-order chi connectivity index (χ0) is 23.7. The van der Waals surface area contributed by atoms with E-state index in [1.807, 2.05) is 48.6 Å². The number of hydrogen-bond donors (Lipinski definition) is 2. The van der Waals surface area contributed by atoms with Gasteiger partial charge in [-0.3, -0.25) is 19.4 Å². The lowest BCUT2D eigenvalue weighted by molar-refractivity contribution is 0.0836. The van der Waals surface area contributed by atoms with E-state index in [9.17, 15) is 14.4 Å². The van der Waals surface area contributed by atoms with Crippen LogP contribution in [0.15, 0.2) is 83.9 Å². The molecule has 3 unspecified atom stereocenters. The van der Waals surface area contributed by atoms with Crippen molar-refractivity contribution in [1.82, 2.24) is 19.5 Å². The number of rotatable bonds is 6. The smallest absolute Gasteiger partial charge is 0.280 e. The largest absolute Gasteiger partial charge is 0.369 e. The number of benzene rings is 2. The fraction of sp³-hybridized carbons (Fsp3) is 0.192. The molecule has 5 rings (SSSR count). The molecule has 2 heterocycles. The number of nitrogen functional groups attached to an aromatic ring is 1. The Balaban J connectivity index is 1.50. The van der Waals surface area contributed by atoms with Crippen LogP contribution in [0.3, 0.4) is 0 Å². The standard InChI is InChI=1S/C26H23N5O3/c27-26-29-24-22(25(34)30-26)28-15-31(24)19-12-11-18(13-21(32)16-7-3-1-4-8-16)20(14-19)23(33)17-9-5-2-6-10-17/h1-12,15,18-20H,13-14H2,(H3,27,29,30,34). The Morgan fingerprint density at radius 2 is 1.68 bits per heavy atom. The minimum atomic E-state index is -0.429. The van der Waals surface area contributed by atoms with E-state index in [0.29, 0.717) is 23.2 Å². The molecule has 0 bridgehead atoms. The molecule has 0 amide bonds. The summed E-state index contributed by atoms with van der Waals surface area (Å²) in [4.78, 5) is 49.6. The summed E-state index contributed by atoms with van der Waals surface area (Å²) in [5.41, 5.74) is 7.12. The second-order valence-corrected chi connectivity index (χ2v) is 8.46. The molecule has 2 aromatic carbocycles. The van der Waals surface area contributed by atoms with Gasteiger partial charge in [0, 0.05) is 23.5 Å². The first-order valence-electron chi connectivity index (χ1n) is 11.1. The molecule has 3 N–H and O–H groups in total. The second-order valence-electron chi connectivity index (χ2n) is 8.46. The average Bonchev–Trinajstić information content (AvgIpc) is 3.29. The van der Waals surface area contributed by atoms with Crippen molar-refractivity contribution in [2.75, 3.05) is 5.73 Å². The topological polar surface area (TPSA) is 124 Å². The van der Waals surface area contributed by atoms with Crippen LogP contribution in [0.1, 0.15) is 39.6 Å². The molecular formula is C26H23N5O3. The van der Waals surface area contributed by atoms with Crippen LogP contribution in [0.25, 0.3) is 11.2 Å². The number of fused-ring (bicyclic) bond motifs is 1. The number of carbonyl (C=O) groups excluding carboxylic acids is 2. The first kappa shape index (κ1) is 21.5. The molecule has 8 nitrogen and oxygen atoms in total. The first-order valence-corrected chi connectivity index (χ1v) is 11.1. The molecule has 0 spiro atoms. The van der Waals surface area contributed by atoms with Gasteiger partial charge in [0.1, 0.15) is 0 Å². The molecule has 4 aromatic rings. The van der Waals surface area contributed by atoms with Crippen molar-refractivity contribution in [3.8, 4) is 0 Å². The van der Waals surface area contributed by atoms with E-state index < -0.39 is 11.5 Å². The van der Waals surface area contributed by atoms with Gasteiger partial charge in [-0.05, 0) is 12.3 Å². The maximum absolute atomic E-state index is 13.6. The minimum Gasteiger partial charge on any atom is -0.369 e. The van der Waals surface area contributed by atoms with Gasteiger partial charge in [-0.25, -0.2) is 4.98 Å². The number of nitrogens with zero attached hydrogens (tertiary/aromatic N) is 3. The Hall–Kier alpha value is -4.33. The minimum absolute atomic E-state index is 0.00212. The van der Waals surface area contributed by atoms with Gasteiger partial charge in [-0.15, -0.1) is 0 Å². The number of H-pyrrole nitrogens is 1. The maximum Gasteiger partial charge on any atom is 0.280 e. The van der Waals surface area contributed by atoms with Crippen molar-refractivity contribution >= 4 is 28.7 Å². The van der Waals surface area contributed by atoms with Crippen molar-refractivity contribution in [1.29, 1.82) is 0 Å². The van der Waals surface area contributed by atoms with E-state index >= 15 is 0 Å². The fourth-order valence-electron chi connectivity index (χ4n) is 4.59. The Kier molecular flexibility index (Phi) is 5.63. The molecule has 8 heteroatoms. The highest BCUT2D eigenvalue weighted by molar-refractivity contribution is 6.00. The van der Waals surface area contributed by atoms with Crippen molar-refractivity contribution in [3.63, 3.8) is 0 Å². The molecule has 0 aliphatic heterocycles. The van der Waals surface area contributed by atoms with Gasteiger partial charge in [0.2, 0.25) is 5.95 Å². The average molecular weight is 454 g/mol. The highest BCUT2D eigenvalue weighted by Gasteiger charge is 2.35. The Labute approximate surface area is 195 Å². The molecule has 0 radical (unpaired) electrons. The van der Waals surface area contributed by atoms with Gasteiger partial charge in [0.15, 0.2) is 22.7 Å². The van der Waals surface area contributed by atoms with Gasteiger partial charge in [-0.1, -0.05) is 72.8 Å². The summed E-state index contributed by atoms with van der Waals surface area (Å²) in [5, 5.41) is 0. The zero-order valence-electron chi connectivity index (χ0n) is 18.3. The van der Waals surface area contributed by atoms with Crippen molar-refractivity contribution in [3.05, 3.63) is 101 Å². The predicted molar refractivity (Wildman–Crippen MR) is 128 cm³/mol. The first-order chi connectivity index (χ1) is 16.5. The van der Waals surface area contributed by atoms with E-state index in [2.05, 4.69) is 15.0 Å². The molecular weight excluding hydrogens is 430 g/mol. The van der Waals surface area contributed by atoms with Crippen LogP contribution in [-0.4, -0.2) is 31.1 Å². The van der Waals surface area contributed by atoms with E-state index in [1.54, 1.807) is 35.2 Å². The number of nitrogens with one attached hydrogen (secondary N) is 1. The molecule has 1 aliphatic carbocycles. The quantitative estimate of drug-likeness (QED) is 0.340. The van der Waals surface area contributed by atoms with Crippen molar-refractivity contribution in [2.24, 2.45) is 11.8 Å². The van der Waals surface area contributed by atoms with Crippen LogP contribution in [0.4, 0.5) is 5.95 Å². The number of hydrogen-bond acceptors (Lipinski definition) is 6. The Bertz CT molecular complexity index is 1440. The number of aromatic amines is 1. The molecule has 0 saturated carbocycles. The molecule has 0 fully saturated rings. The number of nitrogens with two attached hydrogens (primary N) is 1. The summed E-state index contributed by atoms with van der Waals surface area (Å²) < 4.78 is 1.76. The van der Waals surface area contributed by atoms with E-state index in [1.165, 1.54) is 0 Å². The third-order valence-corrected chi connectivity index (χ3v) is 6.31. The summed E-state index contributed by atoms with van der Waals surface area (Å²) >= 11 is 0. The Morgan fingerprint density at radius 1 is 1.00 bits per heavy atom. The van der Waals surface area contributed by atoms with Crippen LogP contribution in [0, 0.1) is 11.8 Å². The highest BCUT2D eigenvalue weighted by atomic mass is 16.1. The third-order valence-electron chi connectivity index (χ3n) is 6.31. The van der Waals surface area contributed by atoms with Crippen LogP contribution < -0.4 is 11.3 Å². The van der Waals surface area contributed by atoms with Gasteiger partial charge in [0.25, 0.3) is 5.56 Å². The number of Topliss-reactive ketones (excluding diaryl/α,β-unsaturated/α-hetero) is 2. The number of imidazole rings is 1. The van der Waals surface area contributed by atoms with Crippen LogP contribution in [-0.2, 0) is 0 Å². The van der Waals surface area contributed by atoms with Crippen LogP contribution in [0.5, 0.6) is 0 Å². The number of anilines is 1. The van der Waals surface area contributed by atoms with Crippen molar-refractivity contribution in [2.45, 2.75) is 18.9 Å². The van der Waals surface area contributed by atoms with Gasteiger partial charge < -0.3 is 10.3 Å². The van der Waals surface area contributed by atoms with E-state index in [0.717, 1.165) is 0 Å². The van der Waals surface area contributed by atoms with Crippen LogP contribution in [0.2, 0.25) is 0 Å². The summed E-state index contributed by atoms with van der Waals surface area (Å²) in [5.74, 6) is -0.707. The number of allylic oxidation sites excluding steroid dienone is 2. The molecule has 2 aromatic heterocycles. The van der Waals surface area contributed by atoms with E-state index in [-0.39, 0.29) is 41.4 Å². The normalized spacial score (nSPS) is 19.8. The summed E-state index contributed by atoms with van der Waals surface area (Å²) in [6.07, 6.45) is 6.10. The van der Waals surface area contributed by atoms with Gasteiger partial charge >= 0.3 is 0 Å². The SMILES string of the molecule is Nc1nc2c(ncn2C2C=CC(CC(=O)c3ccccc3)C(C(=O)c3ccccc3)C2)c(=O)[nH]1. The van der Waals surface area contributed by atoms with Crippen LogP contribution >= 0.6 is 0 Å². The molecule has 0 saturated heterocycles. The molecule has 1 aliphatic rings. The summed E-state index contributed by atoms with van der Waals surface area (Å²) in [6, 6.07) is 17.9. The molecule has 170 valence electrons. The number of aromatic nitrogens is 4. The molecule has 34 heavy (non-hydrogen) atoms.